The molecule has 0 aliphatic carbocycles. The molecule has 7 aromatic rings. The van der Waals surface area contributed by atoms with E-state index in [0.29, 0.717) is 145 Å². The van der Waals surface area contributed by atoms with E-state index < -0.39 is 53.4 Å². The minimum absolute atomic E-state index is 0.0852. The van der Waals surface area contributed by atoms with Gasteiger partial charge in [-0.25, -0.2) is 0 Å². The third-order valence-corrected chi connectivity index (χ3v) is 19.5. The minimum Gasteiger partial charge on any atom is -0.494 e. The molecule has 524 valence electrons. The highest BCUT2D eigenvalue weighted by Gasteiger charge is 2.28. The van der Waals surface area contributed by atoms with E-state index in [-0.39, 0.29) is 56.1 Å². The van der Waals surface area contributed by atoms with Crippen molar-refractivity contribution in [3.05, 3.63) is 93.7 Å². The number of rotatable bonds is 30. The van der Waals surface area contributed by atoms with Gasteiger partial charge in [-0.3, -0.25) is 28.3 Å². The van der Waals surface area contributed by atoms with Crippen LogP contribution >= 0.6 is 34.4 Å². The van der Waals surface area contributed by atoms with Gasteiger partial charge in [0, 0.05) is 64.5 Å². The molecule has 0 unspecified atom stereocenters. The molecule has 9 rings (SSSR count). The summed E-state index contributed by atoms with van der Waals surface area (Å²) in [5.74, 6) is -0.746. The Morgan fingerprint density at radius 1 is 0.576 bits per heavy atom. The normalized spacial score (nSPS) is 14.0. The largest absolute Gasteiger partial charge is 0.494 e. The first kappa shape index (κ1) is 73.8. The van der Waals surface area contributed by atoms with Crippen LogP contribution in [0.1, 0.15) is 58.2 Å². The van der Waals surface area contributed by atoms with Crippen LogP contribution in [0.4, 0.5) is 79.3 Å². The molecule has 2 saturated heterocycles. The van der Waals surface area contributed by atoms with Gasteiger partial charge >= 0.3 is 0 Å². The van der Waals surface area contributed by atoms with Crippen LogP contribution in [-0.2, 0) is 48.9 Å². The number of para-hydroxylation sites is 2. The molecule has 2 fully saturated rings. The van der Waals surface area contributed by atoms with E-state index in [0.717, 1.165) is 34.8 Å². The first-order valence-corrected chi connectivity index (χ1v) is 36.6. The van der Waals surface area contributed by atoms with Crippen molar-refractivity contribution < 1.29 is 64.1 Å². The van der Waals surface area contributed by atoms with Crippen LogP contribution in [-0.4, -0.2) is 173 Å². The van der Waals surface area contributed by atoms with Crippen molar-refractivity contribution in [2.45, 2.75) is 63.4 Å². The molecule has 2 aliphatic rings. The average Bonchev–Trinajstić information content (AvgIpc) is 1.53. The number of benzene rings is 4. The zero-order valence-corrected chi connectivity index (χ0v) is 59.5. The van der Waals surface area contributed by atoms with Crippen LogP contribution < -0.4 is 50.3 Å². The fraction of sp³-hybridized carbons (Fsp3) is 0.349. The number of thioether (sulfide) groups is 1. The number of Topliss-reactive ketones (excluding diaryl/α,β-unsaturated/α-hetero) is 2. The lowest BCUT2D eigenvalue weighted by atomic mass is 10.1. The summed E-state index contributed by atoms with van der Waals surface area (Å²) in [6, 6.07) is 17.5. The highest BCUT2D eigenvalue weighted by Crippen LogP contribution is 2.45. The van der Waals surface area contributed by atoms with Gasteiger partial charge in [-0.1, -0.05) is 65.6 Å². The molecular formula is C63H73N17O14S5. The maximum Gasteiger partial charge on any atom is 0.296 e. The SMILES string of the molecule is CCSc1nc(Nc2cc(N(CC)CC)c(OC)cc2N=Nc2nc(N3CCOCC3)c(C=C(C(C)=O)C(=O)Nc3ccccc3S(=O)(=O)O)s2)nc(Nc2cc(N(CC)CC)c(OC)cc2N=Nc2nc(N3CCOCC3)c(C=C(C(C)=O)C(=O)Nc3ccccc3S(=O)(=O)O)s2)n1. The van der Waals surface area contributed by atoms with Crippen LogP contribution in [0, 0.1) is 0 Å². The predicted octanol–water partition coefficient (Wildman–Crippen LogP) is 11.3. The number of thiazole rings is 2. The molecule has 0 bridgehead atoms. The Bertz CT molecular complexity index is 4230. The summed E-state index contributed by atoms with van der Waals surface area (Å²) in [4.78, 5) is 86.1. The number of azo groups is 2. The second kappa shape index (κ2) is 33.4. The van der Waals surface area contributed by atoms with Crippen molar-refractivity contribution in [3.63, 3.8) is 0 Å². The number of carbonyl (C=O) groups is 4. The predicted molar refractivity (Wildman–Crippen MR) is 382 cm³/mol. The van der Waals surface area contributed by atoms with Crippen LogP contribution in [0.5, 0.6) is 11.5 Å². The molecule has 31 nitrogen and oxygen atoms in total. The number of amides is 2. The first-order chi connectivity index (χ1) is 47.5. The molecule has 4 aromatic carbocycles. The van der Waals surface area contributed by atoms with E-state index in [1.165, 1.54) is 88.4 Å². The van der Waals surface area contributed by atoms with Crippen LogP contribution in [0.25, 0.3) is 12.2 Å². The topological polar surface area (TPSA) is 389 Å². The number of anilines is 10. The molecule has 0 spiro atoms. The van der Waals surface area contributed by atoms with E-state index in [4.69, 9.17) is 54.1 Å². The Hall–Kier alpha value is -9.40. The molecule has 5 heterocycles. The molecule has 0 radical (unpaired) electrons. The zero-order valence-electron chi connectivity index (χ0n) is 55.4. The van der Waals surface area contributed by atoms with Gasteiger partial charge in [0.05, 0.1) is 95.7 Å². The summed E-state index contributed by atoms with van der Waals surface area (Å²) in [5, 5.41) is 31.0. The Morgan fingerprint density at radius 3 is 1.30 bits per heavy atom. The number of morpholine rings is 2. The summed E-state index contributed by atoms with van der Waals surface area (Å²) in [6.07, 6.45) is 2.70. The zero-order chi connectivity index (χ0) is 71.1. The highest BCUT2D eigenvalue weighted by molar-refractivity contribution is 7.99. The van der Waals surface area contributed by atoms with Gasteiger partial charge in [0.25, 0.3) is 32.1 Å². The van der Waals surface area contributed by atoms with Gasteiger partial charge < -0.3 is 59.8 Å². The maximum atomic E-state index is 13.9. The maximum absolute atomic E-state index is 13.9. The van der Waals surface area contributed by atoms with Crippen molar-refractivity contribution in [2.75, 3.05) is 140 Å². The summed E-state index contributed by atoms with van der Waals surface area (Å²) in [6.45, 7) is 17.8. The summed E-state index contributed by atoms with van der Waals surface area (Å²) < 4.78 is 91.9. The van der Waals surface area contributed by atoms with Gasteiger partial charge in [-0.2, -0.15) is 41.8 Å². The molecule has 2 amide bonds. The number of nitrogens with zero attached hydrogens (tertiary/aromatic N) is 13. The van der Waals surface area contributed by atoms with E-state index in [1.807, 2.05) is 56.6 Å². The molecule has 6 N–H and O–H groups in total. The van der Waals surface area contributed by atoms with Gasteiger partial charge in [0.1, 0.15) is 44.3 Å². The van der Waals surface area contributed by atoms with Crippen molar-refractivity contribution in [1.82, 2.24) is 24.9 Å². The number of carbonyl (C=O) groups excluding carboxylic acids is 4. The van der Waals surface area contributed by atoms with Crippen molar-refractivity contribution in [2.24, 2.45) is 20.5 Å². The lowest BCUT2D eigenvalue weighted by Crippen LogP contribution is -2.36. The van der Waals surface area contributed by atoms with Gasteiger partial charge in [-0.15, -0.1) is 20.5 Å². The lowest BCUT2D eigenvalue weighted by molar-refractivity contribution is -0.120. The van der Waals surface area contributed by atoms with Crippen molar-refractivity contribution >= 4 is 169 Å². The third-order valence-electron chi connectivity index (χ3n) is 15.2. The Balaban J connectivity index is 1.10. The lowest BCUT2D eigenvalue weighted by Gasteiger charge is -2.27. The molecular weight excluding hydrogens is 1380 g/mol. The minimum atomic E-state index is -4.76. The number of hydrogen-bond acceptors (Lipinski definition) is 30. The quantitative estimate of drug-likeness (QED) is 0.00608. The molecule has 0 saturated carbocycles. The fourth-order valence-electron chi connectivity index (χ4n) is 10.3. The summed E-state index contributed by atoms with van der Waals surface area (Å²) >= 11 is 3.42. The highest BCUT2D eigenvalue weighted by atomic mass is 32.2. The van der Waals surface area contributed by atoms with Crippen LogP contribution in [0.15, 0.2) is 119 Å². The number of aromatic nitrogens is 5. The Kier molecular flexibility index (Phi) is 24.9. The molecule has 3 aromatic heterocycles. The number of hydrogen-bond donors (Lipinski definition) is 6. The smallest absolute Gasteiger partial charge is 0.296 e. The Labute approximate surface area is 583 Å². The van der Waals surface area contributed by atoms with E-state index in [9.17, 15) is 45.1 Å². The van der Waals surface area contributed by atoms with Gasteiger partial charge in [0.15, 0.2) is 16.7 Å². The summed E-state index contributed by atoms with van der Waals surface area (Å²) in [7, 11) is -6.44. The van der Waals surface area contributed by atoms with E-state index >= 15 is 0 Å². The molecule has 36 heteroatoms. The summed E-state index contributed by atoms with van der Waals surface area (Å²) in [5.41, 5.74) is 1.52. The van der Waals surface area contributed by atoms with Crippen molar-refractivity contribution in [3.8, 4) is 11.5 Å². The van der Waals surface area contributed by atoms with E-state index in [2.05, 4.69) is 41.3 Å². The fourth-order valence-corrected chi connectivity index (χ4v) is 13.9. The standard InChI is InChI=1S/C63H73N17O14S5/c1-10-77(11-2)47-33-43(45(35-49(47)91-8)73-75-62-68-55(79-23-27-93-28-24-79)51(96-62)31-39(37(6)81)57(83)64-41-19-15-17-21-53(41)98(85,86)87)66-59-70-60(72-61(71-59)95-14-5)67-44-34-48(78(12-3)13-4)50(92-9)36-46(44)74-76-63-69-56(80-25-29-94-30-26-80)52(97-63)32-40(38(7)82)58(84)65-42-20-16-18-22-54(42)99(88,89)90/h15-22,31-36H,10-14,23-30H2,1-9H3,(H,64,83)(H,65,84)(H,85,86,87)(H,88,89,90)(H2,66,67,70,71,72). The number of nitrogens with one attached hydrogen (secondary N) is 4. The second-order valence-electron chi connectivity index (χ2n) is 21.4. The number of methoxy groups -OCH3 is 2. The second-order valence-corrected chi connectivity index (χ2v) is 27.5. The van der Waals surface area contributed by atoms with E-state index in [1.54, 1.807) is 12.1 Å². The Morgan fingerprint density at radius 2 is 0.960 bits per heavy atom. The third kappa shape index (κ3) is 18.5. The monoisotopic (exact) mass is 1450 g/mol. The molecule has 2 aliphatic heterocycles. The average molecular weight is 1450 g/mol. The molecule has 99 heavy (non-hydrogen) atoms. The van der Waals surface area contributed by atoms with Gasteiger partial charge in [0.2, 0.25) is 22.2 Å². The van der Waals surface area contributed by atoms with Crippen LogP contribution in [0.3, 0.4) is 0 Å². The van der Waals surface area contributed by atoms with Crippen LogP contribution in [0.2, 0.25) is 0 Å². The number of ketones is 2. The van der Waals surface area contributed by atoms with Gasteiger partial charge in [-0.05, 0) is 95.8 Å². The molecule has 0 atom stereocenters. The first-order valence-electron chi connectivity index (χ1n) is 31.1. The number of ether oxygens (including phenoxy) is 4. The van der Waals surface area contributed by atoms with Crippen molar-refractivity contribution in [1.29, 1.82) is 0 Å².